The highest BCUT2D eigenvalue weighted by Crippen LogP contribution is 2.46. The van der Waals surface area contributed by atoms with E-state index in [0.717, 1.165) is 82.5 Å². The molecule has 4 aromatic rings. The Balaban J connectivity index is 1.25. The van der Waals surface area contributed by atoms with Gasteiger partial charge in [0.15, 0.2) is 5.13 Å². The first-order valence-electron chi connectivity index (χ1n) is 12.5. The summed E-state index contributed by atoms with van der Waals surface area (Å²) in [7, 11) is 1.64. The number of aliphatic hydroxyl groups is 1. The molecule has 37 heavy (non-hydrogen) atoms. The Bertz CT molecular complexity index is 1430. The molecule has 10 heteroatoms. The van der Waals surface area contributed by atoms with Crippen LogP contribution in [-0.4, -0.2) is 52.9 Å². The third kappa shape index (κ3) is 4.70. The highest BCUT2D eigenvalue weighted by atomic mass is 35.5. The lowest BCUT2D eigenvalue weighted by atomic mass is 10.0. The number of hydrogen-bond donors (Lipinski definition) is 1. The Morgan fingerprint density at radius 3 is 2.65 bits per heavy atom. The number of aliphatic hydroxyl groups excluding tert-OH is 1. The fourth-order valence-corrected chi connectivity index (χ4v) is 6.91. The number of ether oxygens (including phenoxy) is 1. The van der Waals surface area contributed by atoms with Crippen molar-refractivity contribution in [1.82, 2.24) is 15.0 Å². The summed E-state index contributed by atoms with van der Waals surface area (Å²) in [6.45, 7) is 5.54. The van der Waals surface area contributed by atoms with E-state index in [0.29, 0.717) is 21.7 Å². The van der Waals surface area contributed by atoms with Gasteiger partial charge in [-0.1, -0.05) is 45.8 Å². The summed E-state index contributed by atoms with van der Waals surface area (Å²) in [6.07, 6.45) is 2.25. The van der Waals surface area contributed by atoms with Crippen molar-refractivity contribution in [2.75, 3.05) is 31.6 Å². The van der Waals surface area contributed by atoms with Gasteiger partial charge in [0.2, 0.25) is 0 Å². The first-order valence-corrected chi connectivity index (χ1v) is 14.0. The minimum absolute atomic E-state index is 0.0261. The molecule has 0 bridgehead atoms. The monoisotopic (exact) mass is 558 g/mol. The van der Waals surface area contributed by atoms with Crippen LogP contribution >= 0.6 is 34.5 Å². The predicted molar refractivity (Wildman–Crippen MR) is 148 cm³/mol. The maximum atomic E-state index is 9.62. The number of hydrogen-bond acceptors (Lipinski definition) is 8. The first kappa shape index (κ1) is 24.9. The van der Waals surface area contributed by atoms with Crippen LogP contribution in [0.5, 0.6) is 5.75 Å². The second kappa shape index (κ2) is 10.1. The number of thiazole rings is 1. The van der Waals surface area contributed by atoms with E-state index < -0.39 is 0 Å². The Labute approximate surface area is 229 Å². The molecule has 1 saturated carbocycles. The van der Waals surface area contributed by atoms with E-state index in [2.05, 4.69) is 21.9 Å². The van der Waals surface area contributed by atoms with Crippen LogP contribution in [0.25, 0.3) is 21.5 Å². The highest BCUT2D eigenvalue weighted by Gasteiger charge is 2.35. The number of aromatic nitrogens is 2. The largest absolute Gasteiger partial charge is 0.494 e. The SMILES string of the molecule is COc1cc(CO)cc2sc(N3CCN(Cc4c(-c5c(Cl)cccc5Cl)noc4C4CC4)C[C@H]3C)nc12. The third-order valence-corrected chi connectivity index (χ3v) is 8.89. The maximum absolute atomic E-state index is 9.62. The van der Waals surface area contributed by atoms with Gasteiger partial charge in [0.1, 0.15) is 22.7 Å². The Morgan fingerprint density at radius 2 is 1.97 bits per heavy atom. The van der Waals surface area contributed by atoms with E-state index >= 15 is 0 Å². The Kier molecular flexibility index (Phi) is 6.79. The van der Waals surface area contributed by atoms with Crippen LogP contribution in [0.15, 0.2) is 34.9 Å². The summed E-state index contributed by atoms with van der Waals surface area (Å²) in [5.74, 6) is 2.10. The molecule has 0 unspecified atom stereocenters. The van der Waals surface area contributed by atoms with Crippen molar-refractivity contribution in [2.24, 2.45) is 0 Å². The zero-order valence-electron chi connectivity index (χ0n) is 20.7. The van der Waals surface area contributed by atoms with Gasteiger partial charge in [-0.3, -0.25) is 4.90 Å². The predicted octanol–water partition coefficient (Wildman–Crippen LogP) is 6.35. The molecule has 194 valence electrons. The molecule has 0 spiro atoms. The number of anilines is 1. The standard InChI is InChI=1S/C27H28Cl2N4O3S/c1-15-12-32(8-9-33(15)27-30-25-21(35-2)10-16(14-34)11-22(25)37-27)13-18-24(31-36-26(18)17-6-7-17)23-19(28)4-3-5-20(23)29/h3-5,10-11,15,17,34H,6-9,12-14H2,1-2H3/t15-/m1/s1. The van der Waals surface area contributed by atoms with Gasteiger partial charge in [-0.25, -0.2) is 4.98 Å². The van der Waals surface area contributed by atoms with Crippen molar-refractivity contribution in [3.63, 3.8) is 0 Å². The summed E-state index contributed by atoms with van der Waals surface area (Å²) in [4.78, 5) is 9.73. The zero-order valence-corrected chi connectivity index (χ0v) is 23.0. The number of benzene rings is 2. The van der Waals surface area contributed by atoms with Crippen molar-refractivity contribution in [2.45, 2.75) is 44.9 Å². The van der Waals surface area contributed by atoms with Gasteiger partial charge < -0.3 is 19.3 Å². The number of rotatable bonds is 7. The van der Waals surface area contributed by atoms with Crippen molar-refractivity contribution in [3.05, 3.63) is 57.3 Å². The molecule has 3 heterocycles. The first-order chi connectivity index (χ1) is 18.0. The van der Waals surface area contributed by atoms with Crippen molar-refractivity contribution in [1.29, 1.82) is 0 Å². The highest BCUT2D eigenvalue weighted by molar-refractivity contribution is 7.22. The molecule has 0 amide bonds. The van der Waals surface area contributed by atoms with Crippen LogP contribution in [0, 0.1) is 0 Å². The fourth-order valence-electron chi connectivity index (χ4n) is 5.16. The van der Waals surface area contributed by atoms with Crippen molar-refractivity contribution < 1.29 is 14.4 Å². The molecule has 2 aromatic carbocycles. The fraction of sp³-hybridized carbons (Fsp3) is 0.407. The van der Waals surface area contributed by atoms with Crippen molar-refractivity contribution in [3.8, 4) is 17.0 Å². The Hall–Kier alpha value is -2.36. The van der Waals surface area contributed by atoms with E-state index in [9.17, 15) is 5.11 Å². The summed E-state index contributed by atoms with van der Waals surface area (Å²) >= 11 is 14.7. The molecule has 2 aliphatic rings. The number of halogens is 2. The van der Waals surface area contributed by atoms with Crippen LogP contribution < -0.4 is 9.64 Å². The van der Waals surface area contributed by atoms with Gasteiger partial charge >= 0.3 is 0 Å². The number of piperazine rings is 1. The lowest BCUT2D eigenvalue weighted by molar-refractivity contribution is 0.219. The van der Waals surface area contributed by atoms with E-state index in [1.54, 1.807) is 18.4 Å². The van der Waals surface area contributed by atoms with Crippen LogP contribution in [-0.2, 0) is 13.2 Å². The minimum Gasteiger partial charge on any atom is -0.494 e. The quantitative estimate of drug-likeness (QED) is 0.283. The van der Waals surface area contributed by atoms with Crippen LogP contribution in [0.1, 0.15) is 42.6 Å². The summed E-state index contributed by atoms with van der Waals surface area (Å²) < 4.78 is 12.4. The Morgan fingerprint density at radius 1 is 1.19 bits per heavy atom. The number of fused-ring (bicyclic) bond motifs is 1. The lowest BCUT2D eigenvalue weighted by Crippen LogP contribution is -2.51. The molecule has 2 fully saturated rings. The molecule has 7 nitrogen and oxygen atoms in total. The molecular formula is C27H28Cl2N4O3S. The number of nitrogens with zero attached hydrogens (tertiary/aromatic N) is 4. The topological polar surface area (TPSA) is 74.9 Å². The normalized spacial score (nSPS) is 18.6. The molecule has 2 aromatic heterocycles. The average Bonchev–Trinajstić information content (AvgIpc) is 3.52. The van der Waals surface area contributed by atoms with Crippen molar-refractivity contribution >= 4 is 49.9 Å². The average molecular weight is 560 g/mol. The van der Waals surface area contributed by atoms with Crippen LogP contribution in [0.2, 0.25) is 10.0 Å². The third-order valence-electron chi connectivity index (χ3n) is 7.22. The molecular weight excluding hydrogens is 531 g/mol. The second-order valence-electron chi connectivity index (χ2n) is 9.82. The zero-order chi connectivity index (χ0) is 25.7. The van der Waals surface area contributed by atoms with Crippen LogP contribution in [0.3, 0.4) is 0 Å². The van der Waals surface area contributed by atoms with E-state index in [4.69, 9.17) is 37.4 Å². The molecule has 1 atom stereocenters. The van der Waals surface area contributed by atoms with Gasteiger partial charge in [0.25, 0.3) is 0 Å². The van der Waals surface area contributed by atoms with E-state index in [-0.39, 0.29) is 12.6 Å². The molecule has 1 saturated heterocycles. The van der Waals surface area contributed by atoms with Gasteiger partial charge in [0.05, 0.1) is 28.5 Å². The lowest BCUT2D eigenvalue weighted by Gasteiger charge is -2.39. The summed E-state index contributed by atoms with van der Waals surface area (Å²) in [5.41, 5.74) is 4.26. The minimum atomic E-state index is -0.0261. The van der Waals surface area contributed by atoms with E-state index in [1.807, 2.05) is 30.3 Å². The second-order valence-corrected chi connectivity index (χ2v) is 11.6. The van der Waals surface area contributed by atoms with Gasteiger partial charge in [-0.05, 0) is 49.6 Å². The molecule has 1 N–H and O–H groups in total. The van der Waals surface area contributed by atoms with Gasteiger partial charge in [0, 0.05) is 49.3 Å². The van der Waals surface area contributed by atoms with E-state index in [1.165, 1.54) is 0 Å². The summed E-state index contributed by atoms with van der Waals surface area (Å²) in [6, 6.07) is 9.64. The maximum Gasteiger partial charge on any atom is 0.186 e. The molecule has 1 aliphatic carbocycles. The number of methoxy groups -OCH3 is 1. The van der Waals surface area contributed by atoms with Crippen LogP contribution in [0.4, 0.5) is 5.13 Å². The molecule has 6 rings (SSSR count). The smallest absolute Gasteiger partial charge is 0.186 e. The van der Waals surface area contributed by atoms with Gasteiger partial charge in [-0.2, -0.15) is 0 Å². The van der Waals surface area contributed by atoms with Gasteiger partial charge in [-0.15, -0.1) is 0 Å². The molecule has 0 radical (unpaired) electrons. The molecule has 1 aliphatic heterocycles. The summed E-state index contributed by atoms with van der Waals surface area (Å²) in [5, 5.41) is 16.2.